The first kappa shape index (κ1) is 9.76. The van der Waals surface area contributed by atoms with E-state index in [1.165, 1.54) is 12.5 Å². The van der Waals surface area contributed by atoms with Crippen LogP contribution in [0.4, 0.5) is 16.4 Å². The minimum absolute atomic E-state index is 0.161. The van der Waals surface area contributed by atoms with Crippen molar-refractivity contribution in [3.8, 4) is 0 Å². The van der Waals surface area contributed by atoms with E-state index in [-0.39, 0.29) is 17.8 Å². The maximum absolute atomic E-state index is 13.3. The normalized spacial score (nSPS) is 10.9. The lowest BCUT2D eigenvalue weighted by Gasteiger charge is -1.92. The number of rotatable bonds is 2. The van der Waals surface area contributed by atoms with Gasteiger partial charge in [-0.25, -0.2) is 4.39 Å². The summed E-state index contributed by atoms with van der Waals surface area (Å²) in [6, 6.07) is 3.23. The first-order valence-electron chi connectivity index (χ1n) is 4.82. The van der Waals surface area contributed by atoms with Gasteiger partial charge in [-0.15, -0.1) is 5.10 Å². The molecule has 0 aliphatic carbocycles. The smallest absolute Gasteiger partial charge is 0.323 e. The number of anilines is 2. The Morgan fingerprint density at radius 2 is 2.18 bits per heavy atom. The SMILES string of the molecule is Cc1cc2oc(Nc3nnco3)nc2cc1F. The molecule has 0 fully saturated rings. The van der Waals surface area contributed by atoms with Crippen molar-refractivity contribution in [3.63, 3.8) is 0 Å². The summed E-state index contributed by atoms with van der Waals surface area (Å²) in [5.41, 5.74) is 1.42. The Morgan fingerprint density at radius 3 is 2.94 bits per heavy atom. The molecule has 0 spiro atoms. The molecule has 0 saturated carbocycles. The molecular weight excluding hydrogens is 227 g/mol. The standard InChI is InChI=1S/C10H7FN4O2/c1-5-2-8-7(3-6(5)11)13-9(17-8)14-10-15-12-4-16-10/h2-4H,1H3,(H,13,14,15). The second-order valence-corrected chi connectivity index (χ2v) is 3.46. The van der Waals surface area contributed by atoms with E-state index in [1.54, 1.807) is 13.0 Å². The Hall–Kier alpha value is -2.44. The van der Waals surface area contributed by atoms with E-state index < -0.39 is 0 Å². The van der Waals surface area contributed by atoms with Crippen LogP contribution in [0.3, 0.4) is 0 Å². The van der Waals surface area contributed by atoms with Crippen molar-refractivity contribution in [2.45, 2.75) is 6.92 Å². The molecule has 0 amide bonds. The van der Waals surface area contributed by atoms with Crippen molar-refractivity contribution in [1.82, 2.24) is 15.2 Å². The molecule has 0 saturated heterocycles. The first-order valence-corrected chi connectivity index (χ1v) is 4.82. The Labute approximate surface area is 94.5 Å². The van der Waals surface area contributed by atoms with Gasteiger partial charge in [0.25, 0.3) is 0 Å². The molecule has 0 unspecified atom stereocenters. The Balaban J connectivity index is 2.02. The second-order valence-electron chi connectivity index (χ2n) is 3.46. The lowest BCUT2D eigenvalue weighted by Crippen LogP contribution is -1.89. The van der Waals surface area contributed by atoms with E-state index in [0.717, 1.165) is 0 Å². The third-order valence-electron chi connectivity index (χ3n) is 2.24. The molecule has 0 aliphatic rings. The lowest BCUT2D eigenvalue weighted by molar-refractivity contribution is 0.558. The van der Waals surface area contributed by atoms with Crippen LogP contribution in [0.25, 0.3) is 11.1 Å². The average molecular weight is 234 g/mol. The van der Waals surface area contributed by atoms with E-state index in [2.05, 4.69) is 20.5 Å². The topological polar surface area (TPSA) is 77.0 Å². The van der Waals surface area contributed by atoms with Crippen molar-refractivity contribution in [3.05, 3.63) is 29.9 Å². The molecule has 86 valence electrons. The number of hydrogen-bond donors (Lipinski definition) is 1. The maximum atomic E-state index is 13.3. The molecule has 7 heteroatoms. The summed E-state index contributed by atoms with van der Waals surface area (Å²) in [7, 11) is 0. The highest BCUT2D eigenvalue weighted by Gasteiger charge is 2.10. The third kappa shape index (κ3) is 1.71. The van der Waals surface area contributed by atoms with Crippen molar-refractivity contribution >= 4 is 23.1 Å². The number of aryl methyl sites for hydroxylation is 1. The Morgan fingerprint density at radius 1 is 1.29 bits per heavy atom. The van der Waals surface area contributed by atoms with Crippen LogP contribution in [0.1, 0.15) is 5.56 Å². The van der Waals surface area contributed by atoms with Gasteiger partial charge in [0, 0.05) is 6.07 Å². The number of aromatic nitrogens is 3. The molecule has 2 heterocycles. The zero-order chi connectivity index (χ0) is 11.8. The van der Waals surface area contributed by atoms with Gasteiger partial charge in [-0.1, -0.05) is 5.10 Å². The zero-order valence-electron chi connectivity index (χ0n) is 8.77. The average Bonchev–Trinajstić information content (AvgIpc) is 2.89. The van der Waals surface area contributed by atoms with E-state index in [1.807, 2.05) is 0 Å². The Bertz CT molecular complexity index is 623. The van der Waals surface area contributed by atoms with Gasteiger partial charge in [-0.3, -0.25) is 5.32 Å². The summed E-state index contributed by atoms with van der Waals surface area (Å²) in [5.74, 6) is -0.324. The van der Waals surface area contributed by atoms with Crippen molar-refractivity contribution < 1.29 is 13.2 Å². The maximum Gasteiger partial charge on any atom is 0.323 e. The van der Waals surface area contributed by atoms with E-state index in [4.69, 9.17) is 8.83 Å². The highest BCUT2D eigenvalue weighted by Crippen LogP contribution is 2.23. The van der Waals surface area contributed by atoms with Crippen LogP contribution in [0.15, 0.2) is 27.4 Å². The quantitative estimate of drug-likeness (QED) is 0.733. The molecule has 2 aromatic heterocycles. The van der Waals surface area contributed by atoms with Crippen LogP contribution < -0.4 is 5.32 Å². The van der Waals surface area contributed by atoms with Gasteiger partial charge in [-0.2, -0.15) is 4.98 Å². The van der Waals surface area contributed by atoms with E-state index in [9.17, 15) is 4.39 Å². The summed E-state index contributed by atoms with van der Waals surface area (Å²) in [5, 5.41) is 9.78. The lowest BCUT2D eigenvalue weighted by atomic mass is 10.2. The minimum atomic E-state index is -0.324. The molecule has 0 aliphatic heterocycles. The fraction of sp³-hybridized carbons (Fsp3) is 0.100. The summed E-state index contributed by atoms with van der Waals surface area (Å²) in [4.78, 5) is 4.04. The van der Waals surface area contributed by atoms with Crippen LogP contribution in [-0.4, -0.2) is 15.2 Å². The summed E-state index contributed by atoms with van der Waals surface area (Å²) in [6.45, 7) is 1.66. The van der Waals surface area contributed by atoms with Gasteiger partial charge in [-0.05, 0) is 18.6 Å². The summed E-state index contributed by atoms with van der Waals surface area (Å²) >= 11 is 0. The first-order chi connectivity index (χ1) is 8.22. The molecule has 0 radical (unpaired) electrons. The van der Waals surface area contributed by atoms with Crippen molar-refractivity contribution in [2.24, 2.45) is 0 Å². The summed E-state index contributed by atoms with van der Waals surface area (Å²) < 4.78 is 23.5. The minimum Gasteiger partial charge on any atom is -0.423 e. The number of nitrogens with zero attached hydrogens (tertiary/aromatic N) is 3. The summed E-state index contributed by atoms with van der Waals surface area (Å²) in [6.07, 6.45) is 1.18. The second kappa shape index (κ2) is 3.55. The molecule has 6 nitrogen and oxygen atoms in total. The number of nitrogens with one attached hydrogen (secondary N) is 1. The van der Waals surface area contributed by atoms with Crippen LogP contribution >= 0.6 is 0 Å². The number of oxazole rings is 1. The van der Waals surface area contributed by atoms with Gasteiger partial charge in [0.2, 0.25) is 6.39 Å². The number of halogens is 1. The Kier molecular flexibility index (Phi) is 2.04. The van der Waals surface area contributed by atoms with E-state index >= 15 is 0 Å². The number of fused-ring (bicyclic) bond motifs is 1. The van der Waals surface area contributed by atoms with Crippen molar-refractivity contribution in [1.29, 1.82) is 0 Å². The van der Waals surface area contributed by atoms with Gasteiger partial charge < -0.3 is 8.83 Å². The molecule has 1 aromatic carbocycles. The van der Waals surface area contributed by atoms with Gasteiger partial charge in [0.05, 0.1) is 0 Å². The van der Waals surface area contributed by atoms with Gasteiger partial charge >= 0.3 is 12.0 Å². The molecule has 0 bridgehead atoms. The van der Waals surface area contributed by atoms with Crippen LogP contribution in [0.2, 0.25) is 0 Å². The fourth-order valence-corrected chi connectivity index (χ4v) is 1.42. The highest BCUT2D eigenvalue weighted by atomic mass is 19.1. The van der Waals surface area contributed by atoms with Crippen LogP contribution in [0, 0.1) is 12.7 Å². The fourth-order valence-electron chi connectivity index (χ4n) is 1.42. The van der Waals surface area contributed by atoms with E-state index in [0.29, 0.717) is 16.7 Å². The number of benzene rings is 1. The van der Waals surface area contributed by atoms with Crippen LogP contribution in [-0.2, 0) is 0 Å². The van der Waals surface area contributed by atoms with Crippen molar-refractivity contribution in [2.75, 3.05) is 5.32 Å². The van der Waals surface area contributed by atoms with Crippen LogP contribution in [0.5, 0.6) is 0 Å². The molecule has 1 N–H and O–H groups in total. The molecule has 0 atom stereocenters. The highest BCUT2D eigenvalue weighted by molar-refractivity contribution is 5.75. The predicted octanol–water partition coefficient (Wildman–Crippen LogP) is 2.40. The predicted molar refractivity (Wildman–Crippen MR) is 56.3 cm³/mol. The molecule has 3 rings (SSSR count). The number of hydrogen-bond acceptors (Lipinski definition) is 6. The molecular formula is C10H7FN4O2. The zero-order valence-corrected chi connectivity index (χ0v) is 8.77. The molecule has 3 aromatic rings. The largest absolute Gasteiger partial charge is 0.423 e. The monoisotopic (exact) mass is 234 g/mol. The van der Waals surface area contributed by atoms with Gasteiger partial charge in [0.1, 0.15) is 11.3 Å². The van der Waals surface area contributed by atoms with Gasteiger partial charge in [0.15, 0.2) is 5.58 Å². The third-order valence-corrected chi connectivity index (χ3v) is 2.24. The molecule has 17 heavy (non-hydrogen) atoms.